The molecule has 2 aliphatic heterocycles. The van der Waals surface area contributed by atoms with E-state index in [4.69, 9.17) is 4.99 Å². The first-order valence-electron chi connectivity index (χ1n) is 10.6. The van der Waals surface area contributed by atoms with Crippen LogP contribution in [0.1, 0.15) is 49.5 Å². The van der Waals surface area contributed by atoms with Gasteiger partial charge in [0, 0.05) is 23.5 Å². The Bertz CT molecular complexity index is 604. The fourth-order valence-electron chi connectivity index (χ4n) is 4.31. The molecule has 0 amide bonds. The molecule has 3 heterocycles. The molecule has 3 rings (SSSR count). The van der Waals surface area contributed by atoms with Gasteiger partial charge >= 0.3 is 0 Å². The average Bonchev–Trinajstić information content (AvgIpc) is 3.11. The summed E-state index contributed by atoms with van der Waals surface area (Å²) in [5, 5.41) is 9.31. The van der Waals surface area contributed by atoms with Crippen molar-refractivity contribution in [2.24, 2.45) is 4.99 Å². The number of hydrogen-bond donors (Lipinski definition) is 2. The maximum Gasteiger partial charge on any atom is 0.191 e. The van der Waals surface area contributed by atoms with E-state index in [0.29, 0.717) is 0 Å². The Hall–Kier alpha value is -0.380. The average molecular weight is 520 g/mol. The second kappa shape index (κ2) is 11.7. The monoisotopic (exact) mass is 519 g/mol. The molecule has 0 spiro atoms. The topological polar surface area (TPSA) is 42.9 Å². The summed E-state index contributed by atoms with van der Waals surface area (Å²) in [4.78, 5) is 11.5. The van der Waals surface area contributed by atoms with E-state index in [2.05, 4.69) is 52.8 Å². The number of thiophene rings is 1. The van der Waals surface area contributed by atoms with Crippen LogP contribution in [0.5, 0.6) is 0 Å². The van der Waals surface area contributed by atoms with E-state index in [1.54, 1.807) is 11.3 Å². The summed E-state index contributed by atoms with van der Waals surface area (Å²) >= 11 is 1.80. The third-order valence-corrected chi connectivity index (χ3v) is 7.23. The van der Waals surface area contributed by atoms with Crippen molar-refractivity contribution in [2.45, 2.75) is 58.0 Å². The number of nitrogens with one attached hydrogen (secondary N) is 2. The SMILES string of the molecule is CCNC(=NCc1sccc1C)NCC1(N2CCCCC2)CCN(C)CC1.I. The highest BCUT2D eigenvalue weighted by atomic mass is 127. The van der Waals surface area contributed by atoms with Gasteiger partial charge in [0.1, 0.15) is 0 Å². The third kappa shape index (κ3) is 6.31. The van der Waals surface area contributed by atoms with Crippen LogP contribution in [0.15, 0.2) is 16.4 Å². The Balaban J connectivity index is 0.00000280. The van der Waals surface area contributed by atoms with Crippen LogP contribution in [0.4, 0.5) is 0 Å². The first kappa shape index (κ1) is 23.9. The lowest BCUT2D eigenvalue weighted by Crippen LogP contribution is -2.62. The Kier molecular flexibility index (Phi) is 10.00. The maximum atomic E-state index is 4.87. The lowest BCUT2D eigenvalue weighted by Gasteiger charge is -2.50. The number of likely N-dealkylation sites (tertiary alicyclic amines) is 2. The van der Waals surface area contributed by atoms with Crippen LogP contribution in [0, 0.1) is 6.92 Å². The highest BCUT2D eigenvalue weighted by Gasteiger charge is 2.39. The molecule has 0 bridgehead atoms. The van der Waals surface area contributed by atoms with E-state index in [-0.39, 0.29) is 29.5 Å². The van der Waals surface area contributed by atoms with E-state index in [1.165, 1.54) is 68.7 Å². The smallest absolute Gasteiger partial charge is 0.191 e. The van der Waals surface area contributed by atoms with Crippen LogP contribution in [-0.2, 0) is 6.54 Å². The van der Waals surface area contributed by atoms with Crippen LogP contribution in [0.3, 0.4) is 0 Å². The Morgan fingerprint density at radius 1 is 1.14 bits per heavy atom. The van der Waals surface area contributed by atoms with Crippen LogP contribution in [0.25, 0.3) is 0 Å². The molecule has 0 atom stereocenters. The standard InChI is InChI=1S/C21H37N5S.HI/c1-4-22-20(23-16-19-18(2)8-15-27-19)24-17-21(9-13-25(3)14-10-21)26-11-6-5-7-12-26;/h8,15H,4-7,9-14,16-17H2,1-3H3,(H2,22,23,24);1H. The van der Waals surface area contributed by atoms with Crippen LogP contribution < -0.4 is 10.6 Å². The summed E-state index contributed by atoms with van der Waals surface area (Å²) in [5.74, 6) is 0.959. The molecule has 1 aromatic heterocycles. The molecule has 160 valence electrons. The molecule has 0 radical (unpaired) electrons. The minimum absolute atomic E-state index is 0. The van der Waals surface area contributed by atoms with Crippen molar-refractivity contribution in [3.63, 3.8) is 0 Å². The molecule has 0 saturated carbocycles. The van der Waals surface area contributed by atoms with Crippen molar-refractivity contribution in [3.05, 3.63) is 21.9 Å². The molecular formula is C21H38IN5S. The van der Waals surface area contributed by atoms with Crippen molar-refractivity contribution in [1.29, 1.82) is 0 Å². The Labute approximate surface area is 192 Å². The van der Waals surface area contributed by atoms with Gasteiger partial charge in [0.2, 0.25) is 0 Å². The molecule has 1 aromatic rings. The van der Waals surface area contributed by atoms with Crippen LogP contribution >= 0.6 is 35.3 Å². The molecule has 0 unspecified atom stereocenters. The summed E-state index contributed by atoms with van der Waals surface area (Å²) in [5.41, 5.74) is 1.63. The molecule has 2 aliphatic rings. The Morgan fingerprint density at radius 2 is 1.86 bits per heavy atom. The summed E-state index contributed by atoms with van der Waals surface area (Å²) in [6.45, 7) is 11.9. The zero-order valence-electron chi connectivity index (χ0n) is 17.8. The summed E-state index contributed by atoms with van der Waals surface area (Å²) < 4.78 is 0. The van der Waals surface area contributed by atoms with E-state index < -0.39 is 0 Å². The fraction of sp³-hybridized carbons (Fsp3) is 0.762. The number of aliphatic imine (C=N–C) groups is 1. The van der Waals surface area contributed by atoms with Gasteiger partial charge in [0.05, 0.1) is 6.54 Å². The van der Waals surface area contributed by atoms with Gasteiger partial charge in [0.25, 0.3) is 0 Å². The molecule has 7 heteroatoms. The Morgan fingerprint density at radius 3 is 2.46 bits per heavy atom. The quantitative estimate of drug-likeness (QED) is 0.342. The number of rotatable bonds is 6. The van der Waals surface area contributed by atoms with Gasteiger partial charge in [-0.15, -0.1) is 35.3 Å². The lowest BCUT2D eigenvalue weighted by atomic mass is 9.84. The second-order valence-electron chi connectivity index (χ2n) is 8.15. The van der Waals surface area contributed by atoms with Crippen molar-refractivity contribution in [1.82, 2.24) is 20.4 Å². The first-order valence-corrected chi connectivity index (χ1v) is 11.5. The predicted octanol–water partition coefficient (Wildman–Crippen LogP) is 3.68. The predicted molar refractivity (Wildman–Crippen MR) is 132 cm³/mol. The third-order valence-electron chi connectivity index (χ3n) is 6.22. The number of guanidine groups is 1. The molecule has 28 heavy (non-hydrogen) atoms. The highest BCUT2D eigenvalue weighted by molar-refractivity contribution is 14.0. The van der Waals surface area contributed by atoms with E-state index in [0.717, 1.165) is 25.6 Å². The minimum atomic E-state index is 0. The number of hydrogen-bond acceptors (Lipinski definition) is 4. The molecular weight excluding hydrogens is 481 g/mol. The molecule has 2 N–H and O–H groups in total. The molecule has 2 saturated heterocycles. The zero-order valence-corrected chi connectivity index (χ0v) is 20.9. The van der Waals surface area contributed by atoms with Gasteiger partial charge in [-0.3, -0.25) is 4.90 Å². The number of piperidine rings is 2. The van der Waals surface area contributed by atoms with E-state index in [1.807, 2.05) is 0 Å². The fourth-order valence-corrected chi connectivity index (χ4v) is 5.14. The van der Waals surface area contributed by atoms with Gasteiger partial charge in [-0.25, -0.2) is 4.99 Å². The summed E-state index contributed by atoms with van der Waals surface area (Å²) in [6, 6.07) is 2.18. The van der Waals surface area contributed by atoms with Gasteiger partial charge in [0.15, 0.2) is 5.96 Å². The van der Waals surface area contributed by atoms with Gasteiger partial charge in [-0.2, -0.15) is 0 Å². The maximum absolute atomic E-state index is 4.87. The number of aryl methyl sites for hydroxylation is 1. The van der Waals surface area contributed by atoms with Crippen LogP contribution in [0.2, 0.25) is 0 Å². The largest absolute Gasteiger partial charge is 0.357 e. The molecule has 5 nitrogen and oxygen atoms in total. The van der Waals surface area contributed by atoms with Crippen molar-refractivity contribution < 1.29 is 0 Å². The van der Waals surface area contributed by atoms with Gasteiger partial charge < -0.3 is 15.5 Å². The van der Waals surface area contributed by atoms with Crippen molar-refractivity contribution in [3.8, 4) is 0 Å². The first-order chi connectivity index (χ1) is 13.1. The summed E-state index contributed by atoms with van der Waals surface area (Å²) in [6.07, 6.45) is 6.59. The number of halogens is 1. The zero-order chi connectivity index (χ0) is 19.1. The van der Waals surface area contributed by atoms with E-state index >= 15 is 0 Å². The number of nitrogens with zero attached hydrogens (tertiary/aromatic N) is 3. The van der Waals surface area contributed by atoms with Crippen molar-refractivity contribution in [2.75, 3.05) is 46.3 Å². The second-order valence-corrected chi connectivity index (χ2v) is 9.15. The van der Waals surface area contributed by atoms with Gasteiger partial charge in [-0.1, -0.05) is 6.42 Å². The normalized spacial score (nSPS) is 21.2. The summed E-state index contributed by atoms with van der Waals surface area (Å²) in [7, 11) is 2.25. The highest BCUT2D eigenvalue weighted by Crippen LogP contribution is 2.30. The minimum Gasteiger partial charge on any atom is -0.357 e. The van der Waals surface area contributed by atoms with Crippen molar-refractivity contribution >= 4 is 41.3 Å². The van der Waals surface area contributed by atoms with E-state index in [9.17, 15) is 0 Å². The molecule has 0 aromatic carbocycles. The van der Waals surface area contributed by atoms with Gasteiger partial charge in [-0.05, 0) is 89.8 Å². The lowest BCUT2D eigenvalue weighted by molar-refractivity contribution is 0.0173. The molecule has 0 aliphatic carbocycles. The van der Waals surface area contributed by atoms with Crippen LogP contribution in [-0.4, -0.2) is 67.6 Å². The molecule has 2 fully saturated rings.